The van der Waals surface area contributed by atoms with Gasteiger partial charge in [0.2, 0.25) is 21.3 Å². The summed E-state index contributed by atoms with van der Waals surface area (Å²) < 4.78 is -1.26. The largest absolute Gasteiger partial charge is 0.481 e. The summed E-state index contributed by atoms with van der Waals surface area (Å²) in [5.74, 6) is -5.97. The van der Waals surface area contributed by atoms with Gasteiger partial charge in [-0.25, -0.2) is 9.59 Å². The summed E-state index contributed by atoms with van der Waals surface area (Å²) in [4.78, 5) is 83.1. The van der Waals surface area contributed by atoms with Gasteiger partial charge >= 0.3 is 23.9 Å². The van der Waals surface area contributed by atoms with Gasteiger partial charge in [0.1, 0.15) is 22.8 Å². The highest BCUT2D eigenvalue weighted by atomic mass is 33.2. The van der Waals surface area contributed by atoms with Gasteiger partial charge in [-0.1, -0.05) is 109 Å². The molecule has 1 aliphatic rings. The summed E-state index contributed by atoms with van der Waals surface area (Å²) in [6.45, 7) is 0.248. The molecule has 0 saturated carbocycles. The van der Waals surface area contributed by atoms with E-state index in [0.29, 0.717) is 25.7 Å². The average molecular weight is 949 g/mol. The summed E-state index contributed by atoms with van der Waals surface area (Å²) in [6, 6.07) is -3.51. The zero-order valence-corrected chi connectivity index (χ0v) is 38.7. The number of carbonyl (C=O) groups is 7. The highest BCUT2D eigenvalue weighted by molar-refractivity contribution is 8.99. The zero-order chi connectivity index (χ0) is 43.9. The molecule has 59 heavy (non-hydrogen) atoms. The van der Waals surface area contributed by atoms with E-state index in [9.17, 15) is 54.0 Å². The van der Waals surface area contributed by atoms with Gasteiger partial charge in [-0.2, -0.15) is 0 Å². The Balaban J connectivity index is 2.21. The molecule has 3 amide bonds. The summed E-state index contributed by atoms with van der Waals surface area (Å²) in [5, 5.41) is 58.4. The van der Waals surface area contributed by atoms with Crippen molar-refractivity contribution in [2.24, 2.45) is 0 Å². The fourth-order valence-electron chi connectivity index (χ4n) is 5.94. The third-order valence-corrected chi connectivity index (χ3v) is 19.9. The third-order valence-electron chi connectivity index (χ3n) is 9.18. The molecule has 1 fully saturated rings. The van der Waals surface area contributed by atoms with Crippen LogP contribution in [0.3, 0.4) is 0 Å². The van der Waals surface area contributed by atoms with E-state index < -0.39 is 63.3 Å². The number of hydrogen-bond acceptors (Lipinski definition) is 15. The van der Waals surface area contributed by atoms with E-state index >= 15 is 0 Å². The van der Waals surface area contributed by atoms with Gasteiger partial charge in [0.25, 0.3) is 0 Å². The molecule has 340 valence electrons. The molecule has 9 N–H and O–H groups in total. The van der Waals surface area contributed by atoms with Crippen LogP contribution in [0, 0.1) is 0 Å². The Morgan fingerprint density at radius 1 is 0.542 bits per heavy atom. The molecule has 1 aliphatic heterocycles. The van der Waals surface area contributed by atoms with Crippen LogP contribution >= 0.6 is 64.8 Å². The Morgan fingerprint density at radius 3 is 1.41 bits per heavy atom. The molecule has 3 atom stereocenters. The fourth-order valence-corrected chi connectivity index (χ4v) is 17.2. The van der Waals surface area contributed by atoms with Crippen LogP contribution in [0.4, 0.5) is 0 Å². The van der Waals surface area contributed by atoms with Crippen molar-refractivity contribution < 1.29 is 59.1 Å². The predicted octanol–water partition coefficient (Wildman–Crippen LogP) is 7.02. The molecule has 0 aromatic heterocycles. The number of rotatable bonds is 37. The topological polar surface area (TPSA) is 269 Å². The molecule has 0 aromatic rings. The van der Waals surface area contributed by atoms with E-state index in [4.69, 9.17) is 5.11 Å². The Labute approximate surface area is 371 Å². The van der Waals surface area contributed by atoms with Gasteiger partial charge < -0.3 is 41.5 Å². The molecule has 1 heterocycles. The molecule has 0 aromatic carbocycles. The Morgan fingerprint density at radius 2 is 0.966 bits per heavy atom. The first-order valence-corrected chi connectivity index (χ1v) is 27.3. The van der Waals surface area contributed by atoms with Crippen molar-refractivity contribution in [3.8, 4) is 0 Å². The monoisotopic (exact) mass is 948 g/mol. The molecule has 1 saturated heterocycles. The number of amides is 3. The van der Waals surface area contributed by atoms with Crippen molar-refractivity contribution in [2.75, 3.05) is 12.8 Å². The molecule has 22 heteroatoms. The molecule has 1 rings (SSSR count). The van der Waals surface area contributed by atoms with E-state index in [1.165, 1.54) is 96.9 Å². The first-order valence-electron chi connectivity index (χ1n) is 20.3. The standard InChI is InChI=1S/C37H64N4O12S6/c1-54-57-37(53)58-55-36(56-59-37)41-26(33(47)48)18-16-17-25-38-29(42)23-21-27(34(49)50)40-31(44)24-22-28(35(51)52)39-30(43)19-14-12-10-8-6-4-2-3-5-7-9-11-13-15-20-32(45)46/h26-28,36,41,53H,2-25H2,1H3,(H,38,42)(H,39,43)(H,40,44)(H,45,46)(H,47,48)(H,49,50)(H,51,52)/t26-,27?,28-,36?,37?/m0/s1. The lowest BCUT2D eigenvalue weighted by Gasteiger charge is -2.32. The Bertz CT molecular complexity index is 1280. The van der Waals surface area contributed by atoms with E-state index in [1.807, 2.05) is 6.26 Å². The summed E-state index contributed by atoms with van der Waals surface area (Å²) in [7, 11) is 8.01. The van der Waals surface area contributed by atoms with E-state index in [-0.39, 0.29) is 49.8 Å². The van der Waals surface area contributed by atoms with Crippen LogP contribution in [0.15, 0.2) is 0 Å². The van der Waals surface area contributed by atoms with Gasteiger partial charge in [0, 0.05) is 32.2 Å². The lowest BCUT2D eigenvalue weighted by Crippen LogP contribution is -2.44. The Kier molecular flexibility index (Phi) is 31.8. The second-order valence-electron chi connectivity index (χ2n) is 14.2. The van der Waals surface area contributed by atoms with E-state index in [2.05, 4.69) is 21.3 Å². The highest BCUT2D eigenvalue weighted by Crippen LogP contribution is 2.64. The normalized spacial score (nSPS) is 18.0. The van der Waals surface area contributed by atoms with Crippen LogP contribution in [0.1, 0.15) is 148 Å². The molecule has 16 nitrogen and oxygen atoms in total. The van der Waals surface area contributed by atoms with Crippen LogP contribution < -0.4 is 21.3 Å². The smallest absolute Gasteiger partial charge is 0.326 e. The van der Waals surface area contributed by atoms with Gasteiger partial charge in [-0.15, -0.1) is 0 Å². The SMILES string of the molecule is CSSC1(O)SSC(N[C@@H](CCCCNC(=O)CCC(NC(=O)CC[C@H](NC(=O)CCCCCCCCCCCCCCCCC(=O)O)C(=O)O)C(=O)O)C(=O)O)SS1. The fraction of sp³-hybridized carbons (Fsp3) is 0.811. The number of aliphatic carboxylic acids is 4. The van der Waals surface area contributed by atoms with Gasteiger partial charge in [-0.05, 0) is 83.6 Å². The first-order chi connectivity index (χ1) is 28.2. The lowest BCUT2D eigenvalue weighted by molar-refractivity contribution is -0.143. The molecular formula is C37H64N4O12S6. The van der Waals surface area contributed by atoms with Crippen LogP contribution in [-0.2, 0) is 33.6 Å². The van der Waals surface area contributed by atoms with Crippen LogP contribution in [0.5, 0.6) is 0 Å². The number of unbranched alkanes of at least 4 members (excludes halogenated alkanes) is 14. The maximum absolute atomic E-state index is 12.5. The minimum absolute atomic E-state index is 0.164. The van der Waals surface area contributed by atoms with Crippen molar-refractivity contribution in [2.45, 2.75) is 174 Å². The summed E-state index contributed by atoms with van der Waals surface area (Å²) >= 11 is 0. The number of nitrogens with one attached hydrogen (secondary N) is 4. The van der Waals surface area contributed by atoms with Crippen molar-refractivity contribution in [3.05, 3.63) is 0 Å². The maximum atomic E-state index is 12.5. The number of aliphatic hydroxyl groups is 1. The van der Waals surface area contributed by atoms with Crippen LogP contribution in [-0.4, -0.2) is 106 Å². The first kappa shape index (κ1) is 55.3. The molecule has 0 aliphatic carbocycles. The zero-order valence-electron chi connectivity index (χ0n) is 33.8. The van der Waals surface area contributed by atoms with E-state index in [0.717, 1.165) is 51.4 Å². The van der Waals surface area contributed by atoms with Crippen molar-refractivity contribution >= 4 is 106 Å². The minimum atomic E-state index is -1.38. The molecule has 1 unspecified atom stereocenters. The second kappa shape index (κ2) is 33.9. The van der Waals surface area contributed by atoms with Crippen molar-refractivity contribution in [3.63, 3.8) is 0 Å². The highest BCUT2D eigenvalue weighted by Gasteiger charge is 2.39. The molecule has 0 radical (unpaired) electrons. The number of carboxylic acids is 4. The van der Waals surface area contributed by atoms with Gasteiger partial charge in [-0.3, -0.25) is 29.3 Å². The third kappa shape index (κ3) is 29.3. The molecule has 0 bridgehead atoms. The average Bonchev–Trinajstić information content (AvgIpc) is 3.17. The van der Waals surface area contributed by atoms with Crippen molar-refractivity contribution in [1.82, 2.24) is 21.3 Å². The van der Waals surface area contributed by atoms with Gasteiger partial charge in [0.15, 0.2) is 0 Å². The Hall–Kier alpha value is -1.69. The number of carbonyl (C=O) groups excluding carboxylic acids is 3. The second-order valence-corrected chi connectivity index (χ2v) is 22.9. The van der Waals surface area contributed by atoms with E-state index in [1.54, 1.807) is 0 Å². The molecule has 0 spiro atoms. The van der Waals surface area contributed by atoms with Crippen LogP contribution in [0.25, 0.3) is 0 Å². The lowest BCUT2D eigenvalue weighted by atomic mass is 10.0. The predicted molar refractivity (Wildman–Crippen MR) is 241 cm³/mol. The van der Waals surface area contributed by atoms with Gasteiger partial charge in [0.05, 0.1) is 0 Å². The number of carboxylic acid groups (broad SMARTS) is 4. The quantitative estimate of drug-likeness (QED) is 0.0172. The van der Waals surface area contributed by atoms with Crippen LogP contribution in [0.2, 0.25) is 0 Å². The minimum Gasteiger partial charge on any atom is -0.481 e. The summed E-state index contributed by atoms with van der Waals surface area (Å²) in [6.07, 6.45) is 17.2. The maximum Gasteiger partial charge on any atom is 0.326 e. The van der Waals surface area contributed by atoms with Crippen molar-refractivity contribution in [1.29, 1.82) is 0 Å². The summed E-state index contributed by atoms with van der Waals surface area (Å²) in [5.41, 5.74) is 0. The molecular weight excluding hydrogens is 885 g/mol. The number of hydrogen-bond donors (Lipinski definition) is 9.